The van der Waals surface area contributed by atoms with E-state index in [-0.39, 0.29) is 19.0 Å². The number of amides is 2. The van der Waals surface area contributed by atoms with Crippen LogP contribution in [0.4, 0.5) is 4.79 Å². The Balaban J connectivity index is 1.83. The van der Waals surface area contributed by atoms with E-state index in [1.807, 2.05) is 0 Å². The first kappa shape index (κ1) is 12.8. The number of ether oxygens (including phenoxy) is 1. The number of hydrogen-bond donors (Lipinski definition) is 3. The maximum Gasteiger partial charge on any atom is 0.314 e. The fraction of sp³-hybridized carbons (Fsp3) is 0.800. The second-order valence-electron chi connectivity index (χ2n) is 3.84. The molecule has 6 nitrogen and oxygen atoms in total. The molecule has 0 aliphatic heterocycles. The summed E-state index contributed by atoms with van der Waals surface area (Å²) in [6.07, 6.45) is 2.44. The van der Waals surface area contributed by atoms with Gasteiger partial charge in [0.05, 0.1) is 13.0 Å². The van der Waals surface area contributed by atoms with Crippen LogP contribution in [0.1, 0.15) is 19.3 Å². The van der Waals surface area contributed by atoms with Crippen molar-refractivity contribution in [1.29, 1.82) is 0 Å². The molecule has 1 rings (SSSR count). The van der Waals surface area contributed by atoms with Gasteiger partial charge >= 0.3 is 12.0 Å². The molecule has 1 fully saturated rings. The fourth-order valence-corrected chi connectivity index (χ4v) is 1.12. The van der Waals surface area contributed by atoms with Crippen LogP contribution in [0.3, 0.4) is 0 Å². The van der Waals surface area contributed by atoms with E-state index in [1.165, 1.54) is 12.8 Å². The number of carbonyl (C=O) groups excluding carboxylic acids is 1. The minimum absolute atomic E-state index is 0.0639. The Morgan fingerprint density at radius 1 is 1.25 bits per heavy atom. The highest BCUT2D eigenvalue weighted by molar-refractivity contribution is 5.74. The number of carboxylic acids is 1. The van der Waals surface area contributed by atoms with Crippen LogP contribution in [0.25, 0.3) is 0 Å². The van der Waals surface area contributed by atoms with E-state index in [9.17, 15) is 9.59 Å². The summed E-state index contributed by atoms with van der Waals surface area (Å²) in [5.41, 5.74) is 0. The molecule has 3 N–H and O–H groups in total. The van der Waals surface area contributed by atoms with Gasteiger partial charge in [-0.3, -0.25) is 4.79 Å². The van der Waals surface area contributed by atoms with Gasteiger partial charge < -0.3 is 20.5 Å². The van der Waals surface area contributed by atoms with Gasteiger partial charge in [0.25, 0.3) is 0 Å². The maximum atomic E-state index is 11.1. The largest absolute Gasteiger partial charge is 0.481 e. The minimum Gasteiger partial charge on any atom is -0.481 e. The van der Waals surface area contributed by atoms with Crippen molar-refractivity contribution in [3.05, 3.63) is 0 Å². The van der Waals surface area contributed by atoms with E-state index in [0.717, 1.165) is 12.5 Å². The number of hydrogen-bond acceptors (Lipinski definition) is 3. The first-order valence-corrected chi connectivity index (χ1v) is 5.49. The van der Waals surface area contributed by atoms with Crippen LogP contribution < -0.4 is 10.6 Å². The normalized spacial score (nSPS) is 14.5. The molecule has 0 atom stereocenters. The van der Waals surface area contributed by atoms with Crippen LogP contribution in [0.15, 0.2) is 0 Å². The molecular formula is C10H18N2O4. The summed E-state index contributed by atoms with van der Waals surface area (Å²) in [7, 11) is 0. The molecule has 92 valence electrons. The molecule has 0 bridgehead atoms. The first-order valence-electron chi connectivity index (χ1n) is 5.49. The highest BCUT2D eigenvalue weighted by atomic mass is 16.5. The molecule has 1 saturated carbocycles. The lowest BCUT2D eigenvalue weighted by Gasteiger charge is -2.06. The lowest BCUT2D eigenvalue weighted by atomic mass is 10.4. The molecule has 0 aromatic heterocycles. The van der Waals surface area contributed by atoms with Gasteiger partial charge in [-0.25, -0.2) is 4.79 Å². The van der Waals surface area contributed by atoms with E-state index in [4.69, 9.17) is 9.84 Å². The van der Waals surface area contributed by atoms with Gasteiger partial charge in [-0.15, -0.1) is 0 Å². The topological polar surface area (TPSA) is 87.7 Å². The van der Waals surface area contributed by atoms with Gasteiger partial charge in [0.2, 0.25) is 0 Å². The van der Waals surface area contributed by atoms with E-state index < -0.39 is 5.97 Å². The lowest BCUT2D eigenvalue weighted by molar-refractivity contribution is -0.136. The number of urea groups is 1. The molecule has 0 saturated heterocycles. The van der Waals surface area contributed by atoms with Crippen molar-refractivity contribution in [2.75, 3.05) is 26.3 Å². The van der Waals surface area contributed by atoms with Gasteiger partial charge in [0.1, 0.15) is 0 Å². The highest BCUT2D eigenvalue weighted by Crippen LogP contribution is 2.28. The van der Waals surface area contributed by atoms with Crippen LogP contribution in [-0.2, 0) is 9.53 Å². The molecule has 0 radical (unpaired) electrons. The molecule has 1 aliphatic carbocycles. The third-order valence-corrected chi connectivity index (χ3v) is 2.21. The van der Waals surface area contributed by atoms with Gasteiger partial charge in [-0.05, 0) is 18.8 Å². The molecule has 2 amide bonds. The molecular weight excluding hydrogens is 212 g/mol. The van der Waals surface area contributed by atoms with Crippen LogP contribution >= 0.6 is 0 Å². The van der Waals surface area contributed by atoms with Crippen molar-refractivity contribution in [3.8, 4) is 0 Å². The van der Waals surface area contributed by atoms with Crippen molar-refractivity contribution in [2.45, 2.75) is 19.3 Å². The average Bonchev–Trinajstić information content (AvgIpc) is 3.00. The second kappa shape index (κ2) is 7.05. The molecule has 1 aliphatic rings. The predicted molar refractivity (Wildman–Crippen MR) is 57.2 cm³/mol. The number of aliphatic carboxylic acids is 1. The van der Waals surface area contributed by atoms with Crippen molar-refractivity contribution in [2.24, 2.45) is 5.92 Å². The summed E-state index contributed by atoms with van der Waals surface area (Å²) in [5, 5.41) is 13.4. The van der Waals surface area contributed by atoms with Crippen molar-refractivity contribution in [3.63, 3.8) is 0 Å². The molecule has 16 heavy (non-hydrogen) atoms. The van der Waals surface area contributed by atoms with Gasteiger partial charge in [-0.2, -0.15) is 0 Å². The standard InChI is InChI=1S/C10H18N2O4/c13-9(14)3-4-11-10(15)12-5-6-16-7-8-1-2-8/h8H,1-7H2,(H,13,14)(H2,11,12,15). The van der Waals surface area contributed by atoms with Crippen LogP contribution in [0.5, 0.6) is 0 Å². The number of carbonyl (C=O) groups is 2. The SMILES string of the molecule is O=C(O)CCNC(=O)NCCOCC1CC1. The summed E-state index contributed by atoms with van der Waals surface area (Å²) < 4.78 is 5.31. The summed E-state index contributed by atoms with van der Waals surface area (Å²) in [4.78, 5) is 21.2. The third-order valence-electron chi connectivity index (χ3n) is 2.21. The van der Waals surface area contributed by atoms with Crippen molar-refractivity contribution < 1.29 is 19.4 Å². The zero-order chi connectivity index (χ0) is 11.8. The van der Waals surface area contributed by atoms with Crippen molar-refractivity contribution >= 4 is 12.0 Å². The summed E-state index contributed by atoms with van der Waals surface area (Å²) in [6.45, 7) is 1.88. The zero-order valence-electron chi connectivity index (χ0n) is 9.20. The quantitative estimate of drug-likeness (QED) is 0.519. The summed E-state index contributed by atoms with van der Waals surface area (Å²) >= 11 is 0. The average molecular weight is 230 g/mol. The Kier molecular flexibility index (Phi) is 5.63. The fourth-order valence-electron chi connectivity index (χ4n) is 1.12. The Morgan fingerprint density at radius 2 is 1.94 bits per heavy atom. The van der Waals surface area contributed by atoms with Crippen LogP contribution in [0.2, 0.25) is 0 Å². The number of nitrogens with one attached hydrogen (secondary N) is 2. The lowest BCUT2D eigenvalue weighted by Crippen LogP contribution is -2.38. The van der Waals surface area contributed by atoms with E-state index in [0.29, 0.717) is 13.2 Å². The monoisotopic (exact) mass is 230 g/mol. The molecule has 0 aromatic carbocycles. The molecule has 0 heterocycles. The minimum atomic E-state index is -0.923. The summed E-state index contributed by atoms with van der Waals surface area (Å²) in [5.74, 6) is -0.197. The predicted octanol–water partition coefficient (Wildman–Crippen LogP) is 0.187. The van der Waals surface area contributed by atoms with Crippen LogP contribution in [-0.4, -0.2) is 43.4 Å². The van der Waals surface area contributed by atoms with Gasteiger partial charge in [0.15, 0.2) is 0 Å². The second-order valence-corrected chi connectivity index (χ2v) is 3.84. The molecule has 0 aromatic rings. The third kappa shape index (κ3) is 7.05. The Hall–Kier alpha value is -1.30. The maximum absolute atomic E-state index is 11.1. The Morgan fingerprint density at radius 3 is 2.56 bits per heavy atom. The highest BCUT2D eigenvalue weighted by Gasteiger charge is 2.20. The summed E-state index contributed by atoms with van der Waals surface area (Å²) in [6, 6.07) is -0.351. The van der Waals surface area contributed by atoms with E-state index in [2.05, 4.69) is 10.6 Å². The first-order chi connectivity index (χ1) is 7.68. The Labute approximate surface area is 94.3 Å². The van der Waals surface area contributed by atoms with Crippen molar-refractivity contribution in [1.82, 2.24) is 10.6 Å². The molecule has 0 unspecified atom stereocenters. The van der Waals surface area contributed by atoms with E-state index >= 15 is 0 Å². The molecule has 0 spiro atoms. The number of rotatable bonds is 8. The zero-order valence-corrected chi connectivity index (χ0v) is 9.20. The van der Waals surface area contributed by atoms with Gasteiger partial charge in [-0.1, -0.05) is 0 Å². The Bertz CT molecular complexity index is 241. The van der Waals surface area contributed by atoms with E-state index in [1.54, 1.807) is 0 Å². The van der Waals surface area contributed by atoms with Crippen LogP contribution in [0, 0.1) is 5.92 Å². The smallest absolute Gasteiger partial charge is 0.314 e. The molecule has 6 heteroatoms. The van der Waals surface area contributed by atoms with Gasteiger partial charge in [0, 0.05) is 19.7 Å². The number of carboxylic acid groups (broad SMARTS) is 1.